The normalized spacial score (nSPS) is 19.6. The van der Waals surface area contributed by atoms with E-state index in [4.69, 9.17) is 10.6 Å². The van der Waals surface area contributed by atoms with Crippen LogP contribution in [0, 0.1) is 5.41 Å². The second-order valence-electron chi connectivity index (χ2n) is 6.20. The molecule has 0 amide bonds. The van der Waals surface area contributed by atoms with Crippen LogP contribution in [0.5, 0.6) is 5.75 Å². The molecule has 0 aliphatic heterocycles. The summed E-state index contributed by atoms with van der Waals surface area (Å²) in [5.74, 6) is 6.73. The van der Waals surface area contributed by atoms with Crippen LogP contribution in [0.3, 0.4) is 0 Å². The summed E-state index contributed by atoms with van der Waals surface area (Å²) in [6.07, 6.45) is 5.31. The van der Waals surface area contributed by atoms with Gasteiger partial charge in [-0.25, -0.2) is 0 Å². The quantitative estimate of drug-likeness (QED) is 0.630. The van der Waals surface area contributed by atoms with Crippen molar-refractivity contribution >= 4 is 0 Å². The highest BCUT2D eigenvalue weighted by Crippen LogP contribution is 2.46. The average molecular weight is 262 g/mol. The fraction of sp³-hybridized carbons (Fsp3) is 0.625. The number of nitrogens with one attached hydrogen (secondary N) is 1. The lowest BCUT2D eigenvalue weighted by Crippen LogP contribution is -2.38. The molecule has 0 heterocycles. The lowest BCUT2D eigenvalue weighted by Gasteiger charge is -2.34. The number of rotatable bonds is 5. The summed E-state index contributed by atoms with van der Waals surface area (Å²) in [5, 5.41) is 0. The van der Waals surface area contributed by atoms with Gasteiger partial charge in [-0.1, -0.05) is 31.9 Å². The monoisotopic (exact) mass is 262 g/mol. The van der Waals surface area contributed by atoms with Crippen LogP contribution >= 0.6 is 0 Å². The van der Waals surface area contributed by atoms with E-state index in [1.54, 1.807) is 0 Å². The molecule has 1 aromatic carbocycles. The van der Waals surface area contributed by atoms with Crippen molar-refractivity contribution in [3.63, 3.8) is 0 Å². The van der Waals surface area contributed by atoms with Crippen LogP contribution < -0.4 is 16.0 Å². The van der Waals surface area contributed by atoms with E-state index in [1.165, 1.54) is 31.2 Å². The largest absolute Gasteiger partial charge is 0.491 e. The first kappa shape index (κ1) is 14.4. The van der Waals surface area contributed by atoms with Crippen molar-refractivity contribution in [2.24, 2.45) is 11.3 Å². The molecule has 1 aliphatic carbocycles. The molecule has 0 aromatic heterocycles. The Balaban J connectivity index is 2.15. The summed E-state index contributed by atoms with van der Waals surface area (Å²) in [6.45, 7) is 6.42. The van der Waals surface area contributed by atoms with Gasteiger partial charge in [0.2, 0.25) is 0 Å². The number of hydrazine groups is 1. The van der Waals surface area contributed by atoms with Gasteiger partial charge < -0.3 is 4.74 Å². The number of hydrogen-bond donors (Lipinski definition) is 2. The summed E-state index contributed by atoms with van der Waals surface area (Å²) in [6, 6.07) is 8.57. The maximum absolute atomic E-state index is 5.81. The minimum Gasteiger partial charge on any atom is -0.491 e. The van der Waals surface area contributed by atoms with E-state index in [2.05, 4.69) is 24.5 Å². The molecular formula is C16H26N2O. The van der Waals surface area contributed by atoms with E-state index in [9.17, 15) is 0 Å². The minimum atomic E-state index is 0.210. The summed E-state index contributed by atoms with van der Waals surface area (Å²) in [5.41, 5.74) is 4.55. The molecule has 1 unspecified atom stereocenters. The van der Waals surface area contributed by atoms with Gasteiger partial charge in [-0.2, -0.15) is 0 Å². The van der Waals surface area contributed by atoms with E-state index in [1.807, 2.05) is 26.0 Å². The Morgan fingerprint density at radius 2 is 1.74 bits per heavy atom. The maximum Gasteiger partial charge on any atom is 0.119 e. The Labute approximate surface area is 116 Å². The molecule has 0 saturated heterocycles. The van der Waals surface area contributed by atoms with Crippen molar-refractivity contribution in [1.82, 2.24) is 5.43 Å². The van der Waals surface area contributed by atoms with Crippen molar-refractivity contribution in [2.45, 2.75) is 58.6 Å². The SMILES string of the molecule is CC(C)Oc1ccc(C(NN)C2(C)CCCC2)cc1. The molecule has 19 heavy (non-hydrogen) atoms. The molecule has 1 aromatic rings. The minimum absolute atomic E-state index is 0.210. The Morgan fingerprint density at radius 1 is 1.16 bits per heavy atom. The molecular weight excluding hydrogens is 236 g/mol. The zero-order valence-corrected chi connectivity index (χ0v) is 12.3. The highest BCUT2D eigenvalue weighted by atomic mass is 16.5. The lowest BCUT2D eigenvalue weighted by molar-refractivity contribution is 0.223. The van der Waals surface area contributed by atoms with E-state index < -0.39 is 0 Å². The Kier molecular flexibility index (Phi) is 4.48. The molecule has 0 radical (unpaired) electrons. The van der Waals surface area contributed by atoms with E-state index in [0.717, 1.165) is 5.75 Å². The predicted molar refractivity (Wildman–Crippen MR) is 78.8 cm³/mol. The van der Waals surface area contributed by atoms with Crippen molar-refractivity contribution in [3.8, 4) is 5.75 Å². The third-order valence-electron chi connectivity index (χ3n) is 4.19. The molecule has 1 fully saturated rings. The average Bonchev–Trinajstić information content (AvgIpc) is 2.79. The molecule has 2 rings (SSSR count). The van der Waals surface area contributed by atoms with Gasteiger partial charge in [0.05, 0.1) is 12.1 Å². The van der Waals surface area contributed by atoms with Gasteiger partial charge in [0, 0.05) is 0 Å². The van der Waals surface area contributed by atoms with Gasteiger partial charge in [0.25, 0.3) is 0 Å². The highest BCUT2D eigenvalue weighted by Gasteiger charge is 2.37. The zero-order valence-electron chi connectivity index (χ0n) is 12.3. The van der Waals surface area contributed by atoms with Gasteiger partial charge in [0.1, 0.15) is 5.75 Å². The number of hydrogen-bond acceptors (Lipinski definition) is 3. The zero-order chi connectivity index (χ0) is 13.9. The van der Waals surface area contributed by atoms with Crippen molar-refractivity contribution < 1.29 is 4.74 Å². The molecule has 1 aliphatic rings. The van der Waals surface area contributed by atoms with Crippen molar-refractivity contribution in [2.75, 3.05) is 0 Å². The van der Waals surface area contributed by atoms with Crippen molar-refractivity contribution in [1.29, 1.82) is 0 Å². The third kappa shape index (κ3) is 3.28. The summed E-state index contributed by atoms with van der Waals surface area (Å²) < 4.78 is 5.68. The Hall–Kier alpha value is -1.06. The number of ether oxygens (including phenoxy) is 1. The van der Waals surface area contributed by atoms with Crippen LogP contribution in [0.15, 0.2) is 24.3 Å². The van der Waals surface area contributed by atoms with E-state index in [-0.39, 0.29) is 17.6 Å². The summed E-state index contributed by atoms with van der Waals surface area (Å²) >= 11 is 0. The highest BCUT2D eigenvalue weighted by molar-refractivity contribution is 5.30. The van der Waals surface area contributed by atoms with Crippen LogP contribution in [0.25, 0.3) is 0 Å². The van der Waals surface area contributed by atoms with Crippen LogP contribution in [-0.2, 0) is 0 Å². The molecule has 1 atom stereocenters. The smallest absolute Gasteiger partial charge is 0.119 e. The first-order valence-corrected chi connectivity index (χ1v) is 7.28. The standard InChI is InChI=1S/C16H26N2O/c1-12(2)19-14-8-6-13(7-9-14)15(18-17)16(3)10-4-5-11-16/h6-9,12,15,18H,4-5,10-11,17H2,1-3H3. The molecule has 1 saturated carbocycles. The van der Waals surface area contributed by atoms with Gasteiger partial charge in [0.15, 0.2) is 0 Å². The molecule has 3 nitrogen and oxygen atoms in total. The molecule has 106 valence electrons. The number of benzene rings is 1. The number of nitrogens with two attached hydrogens (primary N) is 1. The van der Waals surface area contributed by atoms with Crippen LogP contribution in [0.2, 0.25) is 0 Å². The predicted octanol–water partition coefficient (Wildman–Crippen LogP) is 3.56. The molecule has 3 heteroatoms. The molecule has 0 spiro atoms. The fourth-order valence-corrected chi connectivity index (χ4v) is 3.18. The third-order valence-corrected chi connectivity index (χ3v) is 4.19. The van der Waals surface area contributed by atoms with Crippen LogP contribution in [-0.4, -0.2) is 6.10 Å². The Bertz CT molecular complexity index is 394. The molecule has 3 N–H and O–H groups in total. The lowest BCUT2D eigenvalue weighted by atomic mass is 9.77. The van der Waals surface area contributed by atoms with Gasteiger partial charge >= 0.3 is 0 Å². The second-order valence-corrected chi connectivity index (χ2v) is 6.20. The topological polar surface area (TPSA) is 47.3 Å². The summed E-state index contributed by atoms with van der Waals surface area (Å²) in [4.78, 5) is 0. The fourth-order valence-electron chi connectivity index (χ4n) is 3.18. The second kappa shape index (κ2) is 5.93. The van der Waals surface area contributed by atoms with Gasteiger partial charge in [-0.3, -0.25) is 11.3 Å². The van der Waals surface area contributed by atoms with Gasteiger partial charge in [-0.15, -0.1) is 0 Å². The van der Waals surface area contributed by atoms with Crippen LogP contribution in [0.4, 0.5) is 0 Å². The molecule has 0 bridgehead atoms. The van der Waals surface area contributed by atoms with Crippen LogP contribution in [0.1, 0.15) is 58.1 Å². The van der Waals surface area contributed by atoms with E-state index in [0.29, 0.717) is 0 Å². The van der Waals surface area contributed by atoms with E-state index >= 15 is 0 Å². The first-order valence-electron chi connectivity index (χ1n) is 7.28. The first-order chi connectivity index (χ1) is 9.05. The summed E-state index contributed by atoms with van der Waals surface area (Å²) in [7, 11) is 0. The van der Waals surface area contributed by atoms with Gasteiger partial charge in [-0.05, 0) is 49.8 Å². The maximum atomic E-state index is 5.81. The van der Waals surface area contributed by atoms with Crippen molar-refractivity contribution in [3.05, 3.63) is 29.8 Å². The Morgan fingerprint density at radius 3 is 2.21 bits per heavy atom.